The van der Waals surface area contributed by atoms with Gasteiger partial charge in [-0.15, -0.1) is 0 Å². The Balaban J connectivity index is 5.26. The molecule has 0 radical (unpaired) electrons. The number of rotatable bonds is 83. The Morgan fingerprint density at radius 3 is 0.660 bits per heavy atom. The van der Waals surface area contributed by atoms with E-state index in [0.29, 0.717) is 25.7 Å². The monoisotopic (exact) mass is 1510 g/mol. The second-order valence-electron chi connectivity index (χ2n) is 31.2. The fourth-order valence-electron chi connectivity index (χ4n) is 13.1. The predicted molar refractivity (Wildman–Crippen MR) is 423 cm³/mol. The predicted octanol–water partition coefficient (Wildman–Crippen LogP) is 25.5. The zero-order valence-electron chi connectivity index (χ0n) is 67.6. The first-order chi connectivity index (χ1) is 49.9. The van der Waals surface area contributed by atoms with Gasteiger partial charge in [0.2, 0.25) is 0 Å². The Kier molecular flexibility index (Phi) is 74.1. The highest BCUT2D eigenvalue weighted by Gasteiger charge is 2.30. The zero-order valence-corrected chi connectivity index (χ0v) is 69.4. The maximum atomic E-state index is 13.1. The molecule has 0 spiro atoms. The van der Waals surface area contributed by atoms with E-state index < -0.39 is 97.5 Å². The third kappa shape index (κ3) is 78.0. The summed E-state index contributed by atoms with van der Waals surface area (Å²) in [6.07, 6.45) is 66.6. The van der Waals surface area contributed by atoms with Gasteiger partial charge in [0.15, 0.2) is 12.2 Å². The molecule has 19 heteroatoms. The molecular formula is C84H164O17P2. The number of phosphoric acid groups is 2. The molecule has 0 fully saturated rings. The van der Waals surface area contributed by atoms with Gasteiger partial charge in [0.25, 0.3) is 0 Å². The van der Waals surface area contributed by atoms with Crippen LogP contribution in [0.4, 0.5) is 0 Å². The second-order valence-corrected chi connectivity index (χ2v) is 34.1. The number of ether oxygens (including phenoxy) is 4. The molecule has 2 unspecified atom stereocenters. The van der Waals surface area contributed by atoms with Crippen LogP contribution in [0.3, 0.4) is 0 Å². The molecule has 0 aromatic carbocycles. The number of phosphoric ester groups is 2. The lowest BCUT2D eigenvalue weighted by molar-refractivity contribution is -0.161. The van der Waals surface area contributed by atoms with Gasteiger partial charge in [-0.3, -0.25) is 37.3 Å². The summed E-state index contributed by atoms with van der Waals surface area (Å²) in [4.78, 5) is 73.2. The second kappa shape index (κ2) is 75.5. The number of aliphatic hydroxyl groups excluding tert-OH is 1. The van der Waals surface area contributed by atoms with E-state index in [4.69, 9.17) is 37.0 Å². The van der Waals surface area contributed by atoms with E-state index in [1.165, 1.54) is 263 Å². The average molecular weight is 1510 g/mol. The van der Waals surface area contributed by atoms with Crippen molar-refractivity contribution in [3.05, 3.63) is 0 Å². The van der Waals surface area contributed by atoms with E-state index >= 15 is 0 Å². The molecule has 0 bridgehead atoms. The van der Waals surface area contributed by atoms with Crippen LogP contribution in [0.1, 0.15) is 446 Å². The van der Waals surface area contributed by atoms with Crippen LogP contribution >= 0.6 is 15.6 Å². The van der Waals surface area contributed by atoms with Crippen molar-refractivity contribution >= 4 is 39.5 Å². The van der Waals surface area contributed by atoms with E-state index in [-0.39, 0.29) is 25.7 Å². The Bertz CT molecular complexity index is 1980. The van der Waals surface area contributed by atoms with Crippen LogP contribution in [0, 0.1) is 11.8 Å². The molecule has 0 amide bonds. The number of aliphatic hydroxyl groups is 1. The van der Waals surface area contributed by atoms with Crippen molar-refractivity contribution in [2.45, 2.75) is 464 Å². The van der Waals surface area contributed by atoms with Crippen molar-refractivity contribution in [3.8, 4) is 0 Å². The third-order valence-electron chi connectivity index (χ3n) is 19.7. The van der Waals surface area contributed by atoms with Gasteiger partial charge in [0.05, 0.1) is 26.4 Å². The fourth-order valence-corrected chi connectivity index (χ4v) is 14.6. The van der Waals surface area contributed by atoms with Gasteiger partial charge in [-0.1, -0.05) is 395 Å². The van der Waals surface area contributed by atoms with Crippen molar-refractivity contribution in [3.63, 3.8) is 0 Å². The highest BCUT2D eigenvalue weighted by Crippen LogP contribution is 2.45. The maximum absolute atomic E-state index is 13.1. The van der Waals surface area contributed by atoms with Gasteiger partial charge in [-0.25, -0.2) is 9.13 Å². The molecule has 17 nitrogen and oxygen atoms in total. The number of carbonyl (C=O) groups is 4. The molecule has 0 saturated carbocycles. The van der Waals surface area contributed by atoms with E-state index in [1.807, 2.05) is 0 Å². The van der Waals surface area contributed by atoms with E-state index in [9.17, 15) is 43.2 Å². The van der Waals surface area contributed by atoms with Crippen LogP contribution in [-0.4, -0.2) is 96.7 Å². The summed E-state index contributed by atoms with van der Waals surface area (Å²) < 4.78 is 68.9. The lowest BCUT2D eigenvalue weighted by Gasteiger charge is -2.21. The normalized spacial score (nSPS) is 13.9. The summed E-state index contributed by atoms with van der Waals surface area (Å²) in [5, 5.41) is 10.7. The van der Waals surface area contributed by atoms with E-state index in [0.717, 1.165) is 102 Å². The summed E-state index contributed by atoms with van der Waals surface area (Å²) >= 11 is 0. The quantitative estimate of drug-likeness (QED) is 0.0222. The lowest BCUT2D eigenvalue weighted by atomic mass is 10.0. The Morgan fingerprint density at radius 2 is 0.447 bits per heavy atom. The molecule has 0 aliphatic heterocycles. The summed E-state index contributed by atoms with van der Waals surface area (Å²) in [7, 11) is -9.93. The van der Waals surface area contributed by atoms with Crippen molar-refractivity contribution in [1.82, 2.24) is 0 Å². The smallest absolute Gasteiger partial charge is 0.462 e. The van der Waals surface area contributed by atoms with Gasteiger partial charge < -0.3 is 33.8 Å². The SMILES string of the molecule is CCCCCCCCCCCCCCCCCCCCC(=O)O[C@H](COC(=O)CCCCCCCCCCCCCCCCCCC)COP(=O)(O)OC[C@@H](O)COP(=O)(O)OC[C@@H](COC(=O)CCCCCCCCCCCC(C)C)OC(=O)CCCCCCCCCCCCCCCC(C)C. The first kappa shape index (κ1) is 101. The van der Waals surface area contributed by atoms with Crippen molar-refractivity contribution in [2.24, 2.45) is 11.8 Å². The van der Waals surface area contributed by atoms with E-state index in [1.54, 1.807) is 0 Å². The van der Waals surface area contributed by atoms with Crippen LogP contribution in [0.15, 0.2) is 0 Å². The highest BCUT2D eigenvalue weighted by molar-refractivity contribution is 7.47. The molecule has 103 heavy (non-hydrogen) atoms. The standard InChI is InChI=1S/C84H164O17P2/c1-7-9-11-13-15-17-19-21-23-25-27-29-33-37-43-50-56-62-68-83(88)100-79(72-94-81(86)66-60-54-48-42-36-32-28-26-24-22-20-18-16-14-12-10-8-2)74-98-102(90,91)96-70-78(85)71-97-103(92,93)99-75-80(73-95-82(87)67-61-55-49-45-39-41-47-53-59-65-77(5)6)101-84(89)69-63-57-51-44-38-34-30-31-35-40-46-52-58-64-76(3)4/h76-80,85H,7-75H2,1-6H3,(H,90,91)(H,92,93)/t78-,79-,80-/m1/s1. The summed E-state index contributed by atoms with van der Waals surface area (Å²) in [5.41, 5.74) is 0. The fraction of sp³-hybridized carbons (Fsp3) is 0.952. The topological polar surface area (TPSA) is 237 Å². The zero-order chi connectivity index (χ0) is 75.6. The van der Waals surface area contributed by atoms with Crippen molar-refractivity contribution in [2.75, 3.05) is 39.6 Å². The van der Waals surface area contributed by atoms with Crippen LogP contribution in [0.25, 0.3) is 0 Å². The summed E-state index contributed by atoms with van der Waals surface area (Å²) in [6.45, 7) is 9.66. The van der Waals surface area contributed by atoms with Gasteiger partial charge in [-0.05, 0) is 37.5 Å². The molecule has 0 rings (SSSR count). The molecule has 0 aliphatic rings. The Morgan fingerprint density at radius 1 is 0.262 bits per heavy atom. The number of hydrogen-bond donors (Lipinski definition) is 3. The number of hydrogen-bond acceptors (Lipinski definition) is 15. The van der Waals surface area contributed by atoms with Gasteiger partial charge in [0.1, 0.15) is 19.3 Å². The summed E-state index contributed by atoms with van der Waals surface area (Å²) in [6, 6.07) is 0. The number of unbranched alkanes of at least 4 members (excludes halogenated alkanes) is 53. The molecule has 612 valence electrons. The highest BCUT2D eigenvalue weighted by atomic mass is 31.2. The van der Waals surface area contributed by atoms with Crippen LogP contribution in [0.5, 0.6) is 0 Å². The van der Waals surface area contributed by atoms with Crippen LogP contribution < -0.4 is 0 Å². The number of esters is 4. The van der Waals surface area contributed by atoms with Crippen LogP contribution in [0.2, 0.25) is 0 Å². The maximum Gasteiger partial charge on any atom is 0.472 e. The minimum Gasteiger partial charge on any atom is -0.462 e. The minimum atomic E-state index is -4.96. The average Bonchev–Trinajstić information content (AvgIpc) is 0.929. The molecule has 0 aromatic heterocycles. The van der Waals surface area contributed by atoms with Gasteiger partial charge in [-0.2, -0.15) is 0 Å². The Labute approximate surface area is 632 Å². The molecule has 0 saturated heterocycles. The molecule has 0 aliphatic carbocycles. The Hall–Kier alpha value is -1.94. The number of carbonyl (C=O) groups excluding carboxylic acids is 4. The third-order valence-corrected chi connectivity index (χ3v) is 21.6. The molecular weight excluding hydrogens is 1340 g/mol. The van der Waals surface area contributed by atoms with Gasteiger partial charge in [0, 0.05) is 25.7 Å². The van der Waals surface area contributed by atoms with Crippen molar-refractivity contribution in [1.29, 1.82) is 0 Å². The first-order valence-electron chi connectivity index (χ1n) is 43.5. The van der Waals surface area contributed by atoms with Gasteiger partial charge >= 0.3 is 39.5 Å². The minimum absolute atomic E-state index is 0.107. The van der Waals surface area contributed by atoms with E-state index in [2.05, 4.69) is 41.5 Å². The lowest BCUT2D eigenvalue weighted by Crippen LogP contribution is -2.30. The molecule has 3 N–H and O–H groups in total. The molecule has 0 heterocycles. The summed E-state index contributed by atoms with van der Waals surface area (Å²) in [5.74, 6) is -0.573. The first-order valence-corrected chi connectivity index (χ1v) is 46.5. The largest absolute Gasteiger partial charge is 0.472 e. The molecule has 5 atom stereocenters. The van der Waals surface area contributed by atoms with Crippen molar-refractivity contribution < 1.29 is 80.2 Å². The van der Waals surface area contributed by atoms with Crippen LogP contribution in [-0.2, 0) is 65.4 Å². The molecule has 0 aromatic rings.